The van der Waals surface area contributed by atoms with Crippen molar-refractivity contribution in [2.24, 2.45) is 0 Å². The molecule has 0 aliphatic heterocycles. The topological polar surface area (TPSA) is 41.6 Å². The number of nitrogens with one attached hydrogen (secondary N) is 1. The maximum atomic E-state index is 12.3. The first-order valence-electron chi connectivity index (χ1n) is 7.11. The number of urea groups is 1. The zero-order valence-electron chi connectivity index (χ0n) is 12.9. The molecular formula is C17H18F2N2O2. The van der Waals surface area contributed by atoms with E-state index in [4.69, 9.17) is 0 Å². The van der Waals surface area contributed by atoms with Crippen LogP contribution in [-0.4, -0.2) is 24.6 Å². The Morgan fingerprint density at radius 2 is 1.70 bits per heavy atom. The standard InChI is InChI=1S/C17H18F2N2O2/c1-12(13-6-4-3-5-7-13)21(2)17(22)20-14-8-10-15(11-9-14)23-16(18)19/h3-12,16H,1-2H3,(H,20,22). The minimum absolute atomic E-state index is 0.0454. The lowest BCUT2D eigenvalue weighted by molar-refractivity contribution is -0.0498. The van der Waals surface area contributed by atoms with Gasteiger partial charge in [0.05, 0.1) is 6.04 Å². The Bertz CT molecular complexity index is 633. The van der Waals surface area contributed by atoms with Gasteiger partial charge in [-0.15, -0.1) is 0 Å². The number of hydrogen-bond donors (Lipinski definition) is 1. The molecule has 1 unspecified atom stereocenters. The SMILES string of the molecule is CC(c1ccccc1)N(C)C(=O)Nc1ccc(OC(F)F)cc1. The minimum atomic E-state index is -2.87. The summed E-state index contributed by atoms with van der Waals surface area (Å²) >= 11 is 0. The number of carbonyl (C=O) groups is 1. The van der Waals surface area contributed by atoms with Gasteiger partial charge >= 0.3 is 12.6 Å². The molecule has 0 heterocycles. The molecule has 4 nitrogen and oxygen atoms in total. The summed E-state index contributed by atoms with van der Waals surface area (Å²) in [7, 11) is 1.70. The Hall–Kier alpha value is -2.63. The summed E-state index contributed by atoms with van der Waals surface area (Å²) in [4.78, 5) is 13.8. The van der Waals surface area contributed by atoms with Crippen molar-refractivity contribution in [3.8, 4) is 5.75 Å². The Labute approximate surface area is 133 Å². The number of benzene rings is 2. The van der Waals surface area contributed by atoms with Crippen molar-refractivity contribution < 1.29 is 18.3 Å². The summed E-state index contributed by atoms with van der Waals surface area (Å²) < 4.78 is 28.4. The second kappa shape index (κ2) is 7.58. The molecule has 2 aromatic rings. The maximum Gasteiger partial charge on any atom is 0.387 e. The average molecular weight is 320 g/mol. The number of halogens is 2. The van der Waals surface area contributed by atoms with Gasteiger partial charge in [0.25, 0.3) is 0 Å². The third-order valence-electron chi connectivity index (χ3n) is 3.51. The van der Waals surface area contributed by atoms with Gasteiger partial charge in [0, 0.05) is 12.7 Å². The van der Waals surface area contributed by atoms with Crippen molar-refractivity contribution in [1.29, 1.82) is 0 Å². The first-order valence-corrected chi connectivity index (χ1v) is 7.11. The van der Waals surface area contributed by atoms with E-state index in [1.165, 1.54) is 24.3 Å². The second-order valence-corrected chi connectivity index (χ2v) is 5.03. The van der Waals surface area contributed by atoms with Crippen molar-refractivity contribution in [3.05, 3.63) is 60.2 Å². The predicted molar refractivity (Wildman–Crippen MR) is 84.7 cm³/mol. The van der Waals surface area contributed by atoms with Gasteiger partial charge in [-0.05, 0) is 36.8 Å². The maximum absolute atomic E-state index is 12.3. The van der Waals surface area contributed by atoms with Gasteiger partial charge in [-0.1, -0.05) is 30.3 Å². The molecule has 0 fully saturated rings. The first kappa shape index (κ1) is 16.7. The minimum Gasteiger partial charge on any atom is -0.435 e. The van der Waals surface area contributed by atoms with Crippen LogP contribution >= 0.6 is 0 Å². The number of hydrogen-bond acceptors (Lipinski definition) is 2. The quantitative estimate of drug-likeness (QED) is 0.880. The van der Waals surface area contributed by atoms with E-state index in [0.29, 0.717) is 5.69 Å². The number of nitrogens with zero attached hydrogens (tertiary/aromatic N) is 1. The van der Waals surface area contributed by atoms with Gasteiger partial charge in [-0.2, -0.15) is 8.78 Å². The second-order valence-electron chi connectivity index (χ2n) is 5.03. The smallest absolute Gasteiger partial charge is 0.387 e. The fourth-order valence-electron chi connectivity index (χ4n) is 2.06. The first-order chi connectivity index (χ1) is 11.0. The van der Waals surface area contributed by atoms with Crippen molar-refractivity contribution in [1.82, 2.24) is 4.90 Å². The van der Waals surface area contributed by atoms with Crippen LogP contribution in [0.5, 0.6) is 5.75 Å². The molecule has 0 spiro atoms. The van der Waals surface area contributed by atoms with Crippen molar-refractivity contribution in [2.75, 3.05) is 12.4 Å². The van der Waals surface area contributed by atoms with Crippen LogP contribution < -0.4 is 10.1 Å². The van der Waals surface area contributed by atoms with E-state index in [2.05, 4.69) is 10.1 Å². The molecular weight excluding hydrogens is 302 g/mol. The monoisotopic (exact) mass is 320 g/mol. The third kappa shape index (κ3) is 4.67. The highest BCUT2D eigenvalue weighted by molar-refractivity contribution is 5.89. The summed E-state index contributed by atoms with van der Waals surface area (Å²) in [5, 5.41) is 2.72. The third-order valence-corrected chi connectivity index (χ3v) is 3.51. The van der Waals surface area contributed by atoms with Crippen LogP contribution in [0.25, 0.3) is 0 Å². The molecule has 1 atom stereocenters. The molecule has 0 saturated heterocycles. The van der Waals surface area contributed by atoms with E-state index in [-0.39, 0.29) is 17.8 Å². The molecule has 0 saturated carbocycles. The van der Waals surface area contributed by atoms with E-state index in [1.54, 1.807) is 11.9 Å². The van der Waals surface area contributed by atoms with Gasteiger partial charge in [-0.3, -0.25) is 0 Å². The Morgan fingerprint density at radius 1 is 1.09 bits per heavy atom. The molecule has 2 amide bonds. The van der Waals surface area contributed by atoms with Gasteiger partial charge in [0.2, 0.25) is 0 Å². The largest absolute Gasteiger partial charge is 0.435 e. The lowest BCUT2D eigenvalue weighted by atomic mass is 10.1. The Kier molecular flexibility index (Phi) is 5.51. The number of ether oxygens (including phenoxy) is 1. The van der Waals surface area contributed by atoms with Crippen LogP contribution in [-0.2, 0) is 0 Å². The summed E-state index contributed by atoms with van der Waals surface area (Å²) in [6.07, 6.45) is 0. The van der Waals surface area contributed by atoms with Crippen molar-refractivity contribution >= 4 is 11.7 Å². The summed E-state index contributed by atoms with van der Waals surface area (Å²) in [6.45, 7) is -0.942. The molecule has 0 aliphatic rings. The van der Waals surface area contributed by atoms with Crippen LogP contribution in [0.15, 0.2) is 54.6 Å². The highest BCUT2D eigenvalue weighted by Crippen LogP contribution is 2.21. The fourth-order valence-corrected chi connectivity index (χ4v) is 2.06. The van der Waals surface area contributed by atoms with Crippen LogP contribution in [0.4, 0.5) is 19.3 Å². The number of carbonyl (C=O) groups excluding carboxylic acids is 1. The van der Waals surface area contributed by atoms with E-state index in [9.17, 15) is 13.6 Å². The fraction of sp³-hybridized carbons (Fsp3) is 0.235. The number of rotatable bonds is 5. The molecule has 2 aromatic carbocycles. The van der Waals surface area contributed by atoms with Crippen LogP contribution in [0.3, 0.4) is 0 Å². The highest BCUT2D eigenvalue weighted by Gasteiger charge is 2.17. The molecule has 6 heteroatoms. The predicted octanol–water partition coefficient (Wildman–Crippen LogP) is 4.51. The van der Waals surface area contributed by atoms with Crippen molar-refractivity contribution in [3.63, 3.8) is 0 Å². The summed E-state index contributed by atoms with van der Waals surface area (Å²) in [5.41, 5.74) is 1.52. The van der Waals surface area contributed by atoms with Crippen LogP contribution in [0.2, 0.25) is 0 Å². The van der Waals surface area contributed by atoms with Gasteiger partial charge in [0.15, 0.2) is 0 Å². The normalized spacial score (nSPS) is 11.9. The van der Waals surface area contributed by atoms with E-state index >= 15 is 0 Å². The van der Waals surface area contributed by atoms with Crippen LogP contribution in [0.1, 0.15) is 18.5 Å². The lowest BCUT2D eigenvalue weighted by Crippen LogP contribution is -2.33. The van der Waals surface area contributed by atoms with E-state index in [0.717, 1.165) is 5.56 Å². The highest BCUT2D eigenvalue weighted by atomic mass is 19.3. The van der Waals surface area contributed by atoms with E-state index in [1.807, 2.05) is 37.3 Å². The Morgan fingerprint density at radius 3 is 2.26 bits per heavy atom. The average Bonchev–Trinajstić information content (AvgIpc) is 2.55. The number of anilines is 1. The van der Waals surface area contributed by atoms with Crippen LogP contribution in [0, 0.1) is 0 Å². The van der Waals surface area contributed by atoms with E-state index < -0.39 is 6.61 Å². The zero-order chi connectivity index (χ0) is 16.8. The lowest BCUT2D eigenvalue weighted by Gasteiger charge is -2.25. The molecule has 23 heavy (non-hydrogen) atoms. The molecule has 0 aromatic heterocycles. The van der Waals surface area contributed by atoms with Gasteiger partial charge in [-0.25, -0.2) is 4.79 Å². The van der Waals surface area contributed by atoms with Crippen molar-refractivity contribution in [2.45, 2.75) is 19.6 Å². The van der Waals surface area contributed by atoms with Gasteiger partial charge < -0.3 is 15.0 Å². The number of alkyl halides is 2. The molecule has 0 bridgehead atoms. The molecule has 2 rings (SSSR count). The zero-order valence-corrected chi connectivity index (χ0v) is 12.9. The molecule has 0 aliphatic carbocycles. The van der Waals surface area contributed by atoms with Gasteiger partial charge in [0.1, 0.15) is 5.75 Å². The molecule has 122 valence electrons. The summed E-state index contributed by atoms with van der Waals surface area (Å²) in [5.74, 6) is 0.0454. The Balaban J connectivity index is 1.98. The molecule has 1 N–H and O–H groups in total. The molecule has 0 radical (unpaired) electrons. The number of amides is 2. The summed E-state index contributed by atoms with van der Waals surface area (Å²) in [6, 6.07) is 15.0.